The molecule has 1 amide bonds. The van der Waals surface area contributed by atoms with Gasteiger partial charge in [0.05, 0.1) is 0 Å². The van der Waals surface area contributed by atoms with Crippen LogP contribution in [0.4, 0.5) is 6.01 Å². The Bertz CT molecular complexity index is 528. The van der Waals surface area contributed by atoms with Gasteiger partial charge in [-0.3, -0.25) is 14.8 Å². The third kappa shape index (κ3) is 2.32. The Morgan fingerprint density at radius 2 is 2.24 bits per heavy atom. The summed E-state index contributed by atoms with van der Waals surface area (Å²) in [6.45, 7) is 5.38. The molecule has 90 valence electrons. The summed E-state index contributed by atoms with van der Waals surface area (Å²) >= 11 is 0. The van der Waals surface area contributed by atoms with Gasteiger partial charge < -0.3 is 4.42 Å². The standard InChI is InChI=1S/C10H13N5O2/c1-6(2)15-8(4-5-11-15)9-13-14-10(17-9)12-7(3)16/h4-6H,1-3H3,(H,12,14,16). The molecule has 0 atom stereocenters. The molecule has 0 aliphatic rings. The summed E-state index contributed by atoms with van der Waals surface area (Å²) in [5.74, 6) is 0.0810. The quantitative estimate of drug-likeness (QED) is 0.870. The molecule has 0 spiro atoms. The SMILES string of the molecule is CC(=O)Nc1nnc(-c2ccnn2C(C)C)o1. The highest BCUT2D eigenvalue weighted by Gasteiger charge is 2.15. The molecule has 0 aliphatic carbocycles. The van der Waals surface area contributed by atoms with Crippen molar-refractivity contribution in [2.75, 3.05) is 5.32 Å². The molecular formula is C10H13N5O2. The molecule has 7 nitrogen and oxygen atoms in total. The maximum absolute atomic E-state index is 10.8. The molecule has 0 bridgehead atoms. The second-order valence-corrected chi connectivity index (χ2v) is 3.85. The van der Waals surface area contributed by atoms with Crippen molar-refractivity contribution in [3.63, 3.8) is 0 Å². The lowest BCUT2D eigenvalue weighted by atomic mass is 10.3. The van der Waals surface area contributed by atoms with E-state index in [9.17, 15) is 4.79 Å². The number of hydrogen-bond acceptors (Lipinski definition) is 5. The number of rotatable bonds is 3. The Balaban J connectivity index is 2.30. The second-order valence-electron chi connectivity index (χ2n) is 3.85. The number of nitrogens with one attached hydrogen (secondary N) is 1. The fourth-order valence-corrected chi connectivity index (χ4v) is 1.42. The average Bonchev–Trinajstić information content (AvgIpc) is 2.82. The van der Waals surface area contributed by atoms with E-state index in [1.54, 1.807) is 16.9 Å². The molecule has 0 saturated heterocycles. The normalized spacial score (nSPS) is 10.8. The van der Waals surface area contributed by atoms with Crippen molar-refractivity contribution in [3.8, 4) is 11.6 Å². The highest BCUT2D eigenvalue weighted by atomic mass is 16.4. The predicted molar refractivity (Wildman–Crippen MR) is 60.2 cm³/mol. The molecule has 1 N–H and O–H groups in total. The highest BCUT2D eigenvalue weighted by molar-refractivity contribution is 5.86. The molecule has 0 fully saturated rings. The van der Waals surface area contributed by atoms with Gasteiger partial charge in [-0.1, -0.05) is 5.10 Å². The molecule has 2 heterocycles. The van der Waals surface area contributed by atoms with E-state index < -0.39 is 0 Å². The third-order valence-corrected chi connectivity index (χ3v) is 2.09. The van der Waals surface area contributed by atoms with E-state index in [2.05, 4.69) is 20.6 Å². The second kappa shape index (κ2) is 4.36. The summed E-state index contributed by atoms with van der Waals surface area (Å²) in [6.07, 6.45) is 1.66. The van der Waals surface area contributed by atoms with Crippen molar-refractivity contribution in [1.29, 1.82) is 0 Å². The predicted octanol–water partition coefficient (Wildman–Crippen LogP) is 1.47. The maximum Gasteiger partial charge on any atom is 0.322 e. The van der Waals surface area contributed by atoms with Crippen molar-refractivity contribution < 1.29 is 9.21 Å². The number of amides is 1. The van der Waals surface area contributed by atoms with Crippen molar-refractivity contribution in [1.82, 2.24) is 20.0 Å². The van der Waals surface area contributed by atoms with Gasteiger partial charge in [-0.2, -0.15) is 5.10 Å². The van der Waals surface area contributed by atoms with Gasteiger partial charge in [-0.05, 0) is 19.9 Å². The zero-order chi connectivity index (χ0) is 12.4. The monoisotopic (exact) mass is 235 g/mol. The van der Waals surface area contributed by atoms with Gasteiger partial charge in [0.1, 0.15) is 5.69 Å². The molecule has 2 aromatic rings. The molecule has 17 heavy (non-hydrogen) atoms. The molecule has 7 heteroatoms. The van der Waals surface area contributed by atoms with E-state index in [1.807, 2.05) is 13.8 Å². The lowest BCUT2D eigenvalue weighted by molar-refractivity contribution is -0.114. The number of nitrogens with zero attached hydrogens (tertiary/aromatic N) is 4. The Morgan fingerprint density at radius 3 is 2.88 bits per heavy atom. The van der Waals surface area contributed by atoms with Crippen LogP contribution in [0.3, 0.4) is 0 Å². The zero-order valence-electron chi connectivity index (χ0n) is 9.84. The zero-order valence-corrected chi connectivity index (χ0v) is 9.84. The summed E-state index contributed by atoms with van der Waals surface area (Å²) in [5.41, 5.74) is 0.726. The van der Waals surface area contributed by atoms with Crippen LogP contribution in [0.2, 0.25) is 0 Å². The van der Waals surface area contributed by atoms with Crippen LogP contribution in [0.15, 0.2) is 16.7 Å². The maximum atomic E-state index is 10.8. The van der Waals surface area contributed by atoms with E-state index in [0.717, 1.165) is 5.69 Å². The number of carbonyl (C=O) groups excluding carboxylic acids is 1. The molecule has 0 aromatic carbocycles. The summed E-state index contributed by atoms with van der Waals surface area (Å²) < 4.78 is 7.08. The first kappa shape index (κ1) is 11.3. The Morgan fingerprint density at radius 1 is 1.47 bits per heavy atom. The first-order valence-electron chi connectivity index (χ1n) is 5.23. The summed E-state index contributed by atoms with van der Waals surface area (Å²) in [6, 6.07) is 2.06. The number of carbonyl (C=O) groups is 1. The number of aromatic nitrogens is 4. The van der Waals surface area contributed by atoms with E-state index in [4.69, 9.17) is 4.42 Å². The minimum atomic E-state index is -0.252. The molecule has 2 aromatic heterocycles. The third-order valence-electron chi connectivity index (χ3n) is 2.09. The van der Waals surface area contributed by atoms with Crippen LogP contribution in [-0.4, -0.2) is 25.9 Å². The summed E-state index contributed by atoms with van der Waals surface area (Å²) in [7, 11) is 0. The van der Waals surface area contributed by atoms with Crippen LogP contribution in [0.25, 0.3) is 11.6 Å². The lowest BCUT2D eigenvalue weighted by Crippen LogP contribution is -2.05. The largest absolute Gasteiger partial charge is 0.401 e. The minimum absolute atomic E-state index is 0.0870. The Hall–Kier alpha value is -2.18. The van der Waals surface area contributed by atoms with Crippen LogP contribution in [-0.2, 0) is 4.79 Å². The molecule has 2 rings (SSSR count). The number of anilines is 1. The van der Waals surface area contributed by atoms with Crippen LogP contribution in [0.5, 0.6) is 0 Å². The van der Waals surface area contributed by atoms with Gasteiger partial charge in [0, 0.05) is 19.2 Å². The van der Waals surface area contributed by atoms with Gasteiger partial charge in [-0.15, -0.1) is 5.10 Å². The van der Waals surface area contributed by atoms with E-state index >= 15 is 0 Å². The van der Waals surface area contributed by atoms with E-state index in [0.29, 0.717) is 5.89 Å². The van der Waals surface area contributed by atoms with Gasteiger partial charge in [0.15, 0.2) is 0 Å². The van der Waals surface area contributed by atoms with Crippen LogP contribution < -0.4 is 5.32 Å². The number of hydrogen-bond donors (Lipinski definition) is 1. The molecule has 0 aliphatic heterocycles. The fourth-order valence-electron chi connectivity index (χ4n) is 1.42. The smallest absolute Gasteiger partial charge is 0.322 e. The van der Waals surface area contributed by atoms with Crippen LogP contribution in [0.1, 0.15) is 26.8 Å². The van der Waals surface area contributed by atoms with E-state index in [-0.39, 0.29) is 18.0 Å². The van der Waals surface area contributed by atoms with Crippen molar-refractivity contribution in [3.05, 3.63) is 12.3 Å². The molecule has 0 radical (unpaired) electrons. The first-order chi connectivity index (χ1) is 8.08. The first-order valence-corrected chi connectivity index (χ1v) is 5.23. The molecule has 0 saturated carbocycles. The van der Waals surface area contributed by atoms with E-state index in [1.165, 1.54) is 6.92 Å². The van der Waals surface area contributed by atoms with Gasteiger partial charge >= 0.3 is 6.01 Å². The summed E-state index contributed by atoms with van der Waals surface area (Å²) in [5, 5.41) is 14.2. The Kier molecular flexibility index (Phi) is 2.90. The topological polar surface area (TPSA) is 85.8 Å². The average molecular weight is 235 g/mol. The van der Waals surface area contributed by atoms with Crippen LogP contribution in [0, 0.1) is 0 Å². The fraction of sp³-hybridized carbons (Fsp3) is 0.400. The minimum Gasteiger partial charge on any atom is -0.401 e. The van der Waals surface area contributed by atoms with Crippen molar-refractivity contribution in [2.45, 2.75) is 26.8 Å². The van der Waals surface area contributed by atoms with Crippen molar-refractivity contribution in [2.24, 2.45) is 0 Å². The molecule has 0 unspecified atom stereocenters. The van der Waals surface area contributed by atoms with Gasteiger partial charge in [0.25, 0.3) is 5.89 Å². The molecular weight excluding hydrogens is 222 g/mol. The summed E-state index contributed by atoms with van der Waals surface area (Å²) in [4.78, 5) is 10.8. The Labute approximate surface area is 97.8 Å². The lowest BCUT2D eigenvalue weighted by Gasteiger charge is -2.07. The van der Waals surface area contributed by atoms with Crippen molar-refractivity contribution >= 4 is 11.9 Å². The van der Waals surface area contributed by atoms with Crippen LogP contribution >= 0.6 is 0 Å². The van der Waals surface area contributed by atoms with Gasteiger partial charge in [-0.25, -0.2) is 0 Å². The highest BCUT2D eigenvalue weighted by Crippen LogP contribution is 2.21. The van der Waals surface area contributed by atoms with Gasteiger partial charge in [0.2, 0.25) is 5.91 Å².